The second-order valence-corrected chi connectivity index (χ2v) is 4.62. The molecule has 0 fully saturated rings. The SMILES string of the molecule is NC(=O)N(c1cccc(C(F)(F)F)c1)c1c(O)cccc1[N+](=O)[O-]. The molecule has 2 amide bonds. The number of carbonyl (C=O) groups excluding carboxylic acids is 1. The molecule has 0 saturated carbocycles. The molecule has 0 aliphatic carbocycles. The van der Waals surface area contributed by atoms with Crippen LogP contribution in [0.2, 0.25) is 0 Å². The van der Waals surface area contributed by atoms with Crippen molar-refractivity contribution >= 4 is 23.1 Å². The van der Waals surface area contributed by atoms with Crippen LogP contribution in [0.15, 0.2) is 42.5 Å². The maximum Gasteiger partial charge on any atom is 0.416 e. The zero-order chi connectivity index (χ0) is 18.1. The predicted molar refractivity (Wildman–Crippen MR) is 77.9 cm³/mol. The fourth-order valence-electron chi connectivity index (χ4n) is 2.08. The number of para-hydroxylation sites is 1. The van der Waals surface area contributed by atoms with Gasteiger partial charge in [0.25, 0.3) is 5.69 Å². The highest BCUT2D eigenvalue weighted by Crippen LogP contribution is 2.41. The Morgan fingerprint density at radius 3 is 2.38 bits per heavy atom. The van der Waals surface area contributed by atoms with Gasteiger partial charge in [0, 0.05) is 6.07 Å². The molecule has 0 bridgehead atoms. The van der Waals surface area contributed by atoms with Crippen LogP contribution in [0.5, 0.6) is 5.75 Å². The summed E-state index contributed by atoms with van der Waals surface area (Å²) in [7, 11) is 0. The number of nitrogens with zero attached hydrogens (tertiary/aromatic N) is 2. The number of phenolic OH excluding ortho intramolecular Hbond substituents is 1. The Labute approximate surface area is 132 Å². The van der Waals surface area contributed by atoms with Crippen LogP contribution >= 0.6 is 0 Å². The first-order valence-corrected chi connectivity index (χ1v) is 6.36. The largest absolute Gasteiger partial charge is 0.505 e. The molecular formula is C14H10F3N3O4. The molecule has 10 heteroatoms. The van der Waals surface area contributed by atoms with Crippen molar-refractivity contribution in [3.63, 3.8) is 0 Å². The van der Waals surface area contributed by atoms with Crippen LogP contribution in [-0.4, -0.2) is 16.1 Å². The third kappa shape index (κ3) is 3.21. The van der Waals surface area contributed by atoms with Gasteiger partial charge in [-0.2, -0.15) is 13.2 Å². The molecule has 0 atom stereocenters. The standard InChI is InChI=1S/C14H10F3N3O4/c15-14(16,17)8-3-1-4-9(7-8)19(13(18)22)12-10(20(23)24)5-2-6-11(12)21/h1-7,21H,(H2,18,22). The minimum atomic E-state index is -4.69. The first-order valence-electron chi connectivity index (χ1n) is 6.36. The number of benzene rings is 2. The van der Waals surface area contributed by atoms with Crippen molar-refractivity contribution in [3.05, 3.63) is 58.1 Å². The molecule has 0 aliphatic rings. The molecule has 0 spiro atoms. The Kier molecular flexibility index (Phi) is 4.31. The van der Waals surface area contributed by atoms with Gasteiger partial charge in [-0.05, 0) is 24.3 Å². The van der Waals surface area contributed by atoms with Gasteiger partial charge in [-0.1, -0.05) is 12.1 Å². The smallest absolute Gasteiger partial charge is 0.416 e. The highest BCUT2D eigenvalue weighted by atomic mass is 19.4. The quantitative estimate of drug-likeness (QED) is 0.657. The van der Waals surface area contributed by atoms with Gasteiger partial charge in [-0.3, -0.25) is 15.0 Å². The molecule has 2 rings (SSSR count). The van der Waals surface area contributed by atoms with E-state index in [9.17, 15) is 33.2 Å². The maximum atomic E-state index is 12.8. The molecule has 2 aromatic rings. The van der Waals surface area contributed by atoms with Crippen LogP contribution in [0.3, 0.4) is 0 Å². The van der Waals surface area contributed by atoms with E-state index in [0.717, 1.165) is 36.4 Å². The van der Waals surface area contributed by atoms with E-state index in [1.54, 1.807) is 0 Å². The van der Waals surface area contributed by atoms with Crippen molar-refractivity contribution < 1.29 is 28.0 Å². The van der Waals surface area contributed by atoms with Gasteiger partial charge in [0.2, 0.25) is 0 Å². The molecule has 0 heterocycles. The Balaban J connectivity index is 2.70. The maximum absolute atomic E-state index is 12.8. The lowest BCUT2D eigenvalue weighted by atomic mass is 10.1. The Morgan fingerprint density at radius 2 is 1.83 bits per heavy atom. The van der Waals surface area contributed by atoms with Gasteiger partial charge in [0.1, 0.15) is 5.75 Å². The lowest BCUT2D eigenvalue weighted by Gasteiger charge is -2.22. The van der Waals surface area contributed by atoms with E-state index in [-0.39, 0.29) is 5.69 Å². The summed E-state index contributed by atoms with van der Waals surface area (Å²) < 4.78 is 38.5. The fraction of sp³-hybridized carbons (Fsp3) is 0.0714. The van der Waals surface area contributed by atoms with Crippen LogP contribution in [0.1, 0.15) is 5.56 Å². The van der Waals surface area contributed by atoms with E-state index in [1.165, 1.54) is 0 Å². The molecule has 0 aliphatic heterocycles. The Morgan fingerprint density at radius 1 is 1.21 bits per heavy atom. The summed E-state index contributed by atoms with van der Waals surface area (Å²) in [4.78, 5) is 22.4. The van der Waals surface area contributed by atoms with E-state index in [4.69, 9.17) is 5.73 Å². The molecule has 0 unspecified atom stereocenters. The molecule has 0 saturated heterocycles. The lowest BCUT2D eigenvalue weighted by molar-refractivity contribution is -0.384. The molecule has 24 heavy (non-hydrogen) atoms. The van der Waals surface area contributed by atoms with Crippen LogP contribution in [0.4, 0.5) is 35.0 Å². The van der Waals surface area contributed by atoms with Gasteiger partial charge in [-0.25, -0.2) is 4.79 Å². The minimum Gasteiger partial charge on any atom is -0.505 e. The zero-order valence-electron chi connectivity index (χ0n) is 11.8. The number of hydrogen-bond acceptors (Lipinski definition) is 4. The van der Waals surface area contributed by atoms with E-state index >= 15 is 0 Å². The monoisotopic (exact) mass is 341 g/mol. The van der Waals surface area contributed by atoms with Crippen LogP contribution in [0.25, 0.3) is 0 Å². The topological polar surface area (TPSA) is 110 Å². The number of nitrogens with two attached hydrogens (primary N) is 1. The average Bonchev–Trinajstić information content (AvgIpc) is 2.48. The van der Waals surface area contributed by atoms with Crippen molar-refractivity contribution in [2.75, 3.05) is 4.90 Å². The second-order valence-electron chi connectivity index (χ2n) is 4.62. The number of nitro benzene ring substituents is 1. The third-order valence-corrected chi connectivity index (χ3v) is 3.07. The average molecular weight is 341 g/mol. The number of urea groups is 1. The number of rotatable bonds is 3. The van der Waals surface area contributed by atoms with Gasteiger partial charge in [-0.15, -0.1) is 0 Å². The predicted octanol–water partition coefficient (Wildman–Crippen LogP) is 3.54. The van der Waals surface area contributed by atoms with Crippen LogP contribution in [-0.2, 0) is 6.18 Å². The van der Waals surface area contributed by atoms with Crippen molar-refractivity contribution in [1.82, 2.24) is 0 Å². The number of alkyl halides is 3. The number of hydrogen-bond donors (Lipinski definition) is 2. The number of phenols is 1. The molecular weight excluding hydrogens is 331 g/mol. The van der Waals surface area contributed by atoms with Crippen molar-refractivity contribution in [3.8, 4) is 5.75 Å². The zero-order valence-corrected chi connectivity index (χ0v) is 11.8. The first kappa shape index (κ1) is 17.1. The van der Waals surface area contributed by atoms with Crippen molar-refractivity contribution in [2.24, 2.45) is 5.73 Å². The molecule has 126 valence electrons. The molecule has 2 aromatic carbocycles. The normalized spacial score (nSPS) is 11.1. The number of halogens is 3. The highest BCUT2D eigenvalue weighted by Gasteiger charge is 2.33. The van der Waals surface area contributed by atoms with Crippen LogP contribution < -0.4 is 10.6 Å². The van der Waals surface area contributed by atoms with Gasteiger partial charge < -0.3 is 10.8 Å². The molecule has 7 nitrogen and oxygen atoms in total. The summed E-state index contributed by atoms with van der Waals surface area (Å²) in [6.45, 7) is 0. The first-order chi connectivity index (χ1) is 11.1. The molecule has 0 aromatic heterocycles. The lowest BCUT2D eigenvalue weighted by Crippen LogP contribution is -2.32. The summed E-state index contributed by atoms with van der Waals surface area (Å²) >= 11 is 0. The highest BCUT2D eigenvalue weighted by molar-refractivity contribution is 6.02. The second kappa shape index (κ2) is 6.07. The molecule has 0 radical (unpaired) electrons. The van der Waals surface area contributed by atoms with Gasteiger partial charge in [0.05, 0.1) is 16.2 Å². The summed E-state index contributed by atoms with van der Waals surface area (Å²) in [6, 6.07) is 5.38. The minimum absolute atomic E-state index is 0.373. The number of anilines is 2. The number of primary amides is 1. The Hall–Kier alpha value is -3.30. The van der Waals surface area contributed by atoms with E-state index in [0.29, 0.717) is 11.0 Å². The number of amides is 2. The number of carbonyl (C=O) groups is 1. The third-order valence-electron chi connectivity index (χ3n) is 3.07. The number of aromatic hydroxyl groups is 1. The van der Waals surface area contributed by atoms with Gasteiger partial charge in [0.15, 0.2) is 5.69 Å². The van der Waals surface area contributed by atoms with Crippen molar-refractivity contribution in [2.45, 2.75) is 6.18 Å². The van der Waals surface area contributed by atoms with E-state index in [1.807, 2.05) is 0 Å². The van der Waals surface area contributed by atoms with Crippen molar-refractivity contribution in [1.29, 1.82) is 0 Å². The Bertz CT molecular complexity index is 808. The summed E-state index contributed by atoms with van der Waals surface area (Å²) in [5.41, 5.74) is 2.41. The summed E-state index contributed by atoms with van der Waals surface area (Å²) in [5.74, 6) is -0.680. The van der Waals surface area contributed by atoms with Gasteiger partial charge >= 0.3 is 12.2 Å². The number of nitro groups is 1. The summed E-state index contributed by atoms with van der Waals surface area (Å²) in [5, 5.41) is 21.0. The van der Waals surface area contributed by atoms with Crippen LogP contribution in [0, 0.1) is 10.1 Å². The summed E-state index contributed by atoms with van der Waals surface area (Å²) in [6.07, 6.45) is -4.69. The van der Waals surface area contributed by atoms with E-state index in [2.05, 4.69) is 0 Å². The molecule has 3 N–H and O–H groups in total. The van der Waals surface area contributed by atoms with E-state index < -0.39 is 39.8 Å². The fourth-order valence-corrected chi connectivity index (χ4v) is 2.08.